The highest BCUT2D eigenvalue weighted by Gasteiger charge is 2.54. The summed E-state index contributed by atoms with van der Waals surface area (Å²) >= 11 is 2.51. The fourth-order valence-electron chi connectivity index (χ4n) is 3.71. The largest absolute Gasteiger partial charge is 0.508 e. The van der Waals surface area contributed by atoms with E-state index in [1.165, 1.54) is 59.8 Å². The maximum absolute atomic E-state index is 12.9. The summed E-state index contributed by atoms with van der Waals surface area (Å²) in [5.74, 6) is -2.35. The lowest BCUT2D eigenvalue weighted by molar-refractivity contribution is -0.150. The van der Waals surface area contributed by atoms with E-state index < -0.39 is 41.2 Å². The zero-order valence-corrected chi connectivity index (χ0v) is 20.5. The first-order chi connectivity index (χ1) is 17.2. The number of phenols is 1. The predicted octanol–water partition coefficient (Wildman–Crippen LogP) is -0.243. The summed E-state index contributed by atoms with van der Waals surface area (Å²) in [4.78, 5) is 50.3. The Bertz CT molecular complexity index is 1230. The Morgan fingerprint density at radius 1 is 1.33 bits per heavy atom. The van der Waals surface area contributed by atoms with Crippen LogP contribution in [0.25, 0.3) is 0 Å². The van der Waals surface area contributed by atoms with Gasteiger partial charge in [-0.05, 0) is 23.3 Å². The summed E-state index contributed by atoms with van der Waals surface area (Å²) in [6.45, 7) is 0. The molecule has 6 N–H and O–H groups in total. The number of aromatic nitrogens is 3. The zero-order chi connectivity index (χ0) is 26.0. The molecule has 3 heterocycles. The summed E-state index contributed by atoms with van der Waals surface area (Å²) < 4.78 is 4.64. The Morgan fingerprint density at radius 2 is 2.06 bits per heavy atom. The highest BCUT2D eigenvalue weighted by Crippen LogP contribution is 2.41. The molecule has 2 aliphatic rings. The molecule has 1 aromatic carbocycles. The molecule has 13 nitrogen and oxygen atoms in total. The van der Waals surface area contributed by atoms with Gasteiger partial charge in [-0.25, -0.2) is 4.79 Å². The first kappa shape index (κ1) is 25.5. The number of nitrogens with one attached hydrogen (secondary N) is 2. The van der Waals surface area contributed by atoms with Gasteiger partial charge in [0.1, 0.15) is 39.6 Å². The maximum Gasteiger partial charge on any atom is 0.352 e. The van der Waals surface area contributed by atoms with Gasteiger partial charge in [-0.3, -0.25) is 19.3 Å². The number of carboxylic acids is 1. The lowest BCUT2D eigenvalue weighted by Gasteiger charge is -2.49. The lowest BCUT2D eigenvalue weighted by atomic mass is 10.0. The van der Waals surface area contributed by atoms with Crippen LogP contribution >= 0.6 is 23.5 Å². The van der Waals surface area contributed by atoms with Crippen molar-refractivity contribution in [3.05, 3.63) is 46.8 Å². The molecule has 190 valence electrons. The number of phenolic OH excluding ortho intramolecular Hbond substituents is 1. The number of rotatable bonds is 9. The first-order valence-corrected chi connectivity index (χ1v) is 12.6. The molecular formula is C21H22N6O7S2. The van der Waals surface area contributed by atoms with Crippen LogP contribution in [0.2, 0.25) is 0 Å². The molecule has 2 unspecified atom stereocenters. The fraction of sp³-hybridized carbons (Fsp3) is 0.333. The van der Waals surface area contributed by atoms with Gasteiger partial charge in [0.2, 0.25) is 5.91 Å². The number of ether oxygens (including phenoxy) is 1. The van der Waals surface area contributed by atoms with E-state index in [9.17, 15) is 29.4 Å². The monoisotopic (exact) mass is 534 g/mol. The molecule has 2 aliphatic heterocycles. The third kappa shape index (κ3) is 5.03. The van der Waals surface area contributed by atoms with E-state index in [1.807, 2.05) is 0 Å². The molecule has 1 fully saturated rings. The van der Waals surface area contributed by atoms with E-state index in [-0.39, 0.29) is 23.6 Å². The van der Waals surface area contributed by atoms with E-state index in [4.69, 9.17) is 5.73 Å². The number of hydrogen-bond acceptors (Lipinski definition) is 11. The van der Waals surface area contributed by atoms with Crippen molar-refractivity contribution in [3.63, 3.8) is 0 Å². The standard InChI is InChI=1S/C21H22N6O7S2/c1-34-13(29)6-12-18(25-26-24-12)35-7-10-8-36-20-15(19(31)27(20)16(10)21(32)33)23-17(30)14(22)9-2-4-11(28)5-3-9/h2-5,14-15,20,28H,6-8,22H2,1H3,(H,23,30)(H,32,33)(H,24,25,26)/t14?,15?,20-/m0/s1. The minimum absolute atomic E-state index is 0.0278. The van der Waals surface area contributed by atoms with Crippen molar-refractivity contribution >= 4 is 47.3 Å². The molecule has 15 heteroatoms. The van der Waals surface area contributed by atoms with E-state index in [1.54, 1.807) is 0 Å². The van der Waals surface area contributed by atoms with Gasteiger partial charge < -0.3 is 26.0 Å². The number of carbonyl (C=O) groups is 4. The minimum atomic E-state index is -1.26. The molecule has 3 atom stereocenters. The summed E-state index contributed by atoms with van der Waals surface area (Å²) in [5.41, 5.74) is 7.18. The number of esters is 1. The van der Waals surface area contributed by atoms with Crippen LogP contribution in [-0.2, 0) is 30.3 Å². The van der Waals surface area contributed by atoms with Crippen molar-refractivity contribution in [2.24, 2.45) is 5.73 Å². The molecule has 0 aliphatic carbocycles. The van der Waals surface area contributed by atoms with Crippen LogP contribution in [0.5, 0.6) is 5.75 Å². The Kier molecular flexibility index (Phi) is 7.51. The van der Waals surface area contributed by atoms with Crippen molar-refractivity contribution in [2.75, 3.05) is 18.6 Å². The summed E-state index contributed by atoms with van der Waals surface area (Å²) in [6.07, 6.45) is -0.0880. The Labute approximate surface area is 212 Å². The molecule has 0 bridgehead atoms. The van der Waals surface area contributed by atoms with Gasteiger partial charge in [-0.1, -0.05) is 23.9 Å². The van der Waals surface area contributed by atoms with E-state index >= 15 is 0 Å². The third-order valence-electron chi connectivity index (χ3n) is 5.59. The molecule has 0 radical (unpaired) electrons. The van der Waals surface area contributed by atoms with Crippen LogP contribution in [0.1, 0.15) is 17.3 Å². The van der Waals surface area contributed by atoms with Crippen molar-refractivity contribution in [1.82, 2.24) is 25.6 Å². The van der Waals surface area contributed by atoms with E-state index in [0.717, 1.165) is 0 Å². The maximum atomic E-state index is 12.9. The van der Waals surface area contributed by atoms with Gasteiger partial charge >= 0.3 is 11.9 Å². The number of carboxylic acid groups (broad SMARTS) is 1. The van der Waals surface area contributed by atoms with Gasteiger partial charge in [0.25, 0.3) is 5.91 Å². The molecule has 1 saturated heterocycles. The number of nitrogens with zero attached hydrogens (tertiary/aromatic N) is 3. The molecule has 0 saturated carbocycles. The van der Waals surface area contributed by atoms with Gasteiger partial charge in [0.05, 0.1) is 13.5 Å². The van der Waals surface area contributed by atoms with Crippen LogP contribution in [0, 0.1) is 0 Å². The topological polar surface area (TPSA) is 201 Å². The Balaban J connectivity index is 1.44. The Hall–Kier alpha value is -3.56. The number of H-pyrrole nitrogens is 1. The van der Waals surface area contributed by atoms with Crippen molar-refractivity contribution in [3.8, 4) is 5.75 Å². The van der Waals surface area contributed by atoms with Crippen LogP contribution < -0.4 is 11.1 Å². The highest BCUT2D eigenvalue weighted by atomic mass is 32.2. The molecule has 0 spiro atoms. The number of β-lactam (4-membered cyclic amide) rings is 1. The number of hydrogen-bond donors (Lipinski definition) is 5. The average Bonchev–Trinajstić information content (AvgIpc) is 3.31. The molecule has 1 aromatic heterocycles. The molecule has 2 aromatic rings. The van der Waals surface area contributed by atoms with Crippen LogP contribution in [0.15, 0.2) is 40.6 Å². The third-order valence-corrected chi connectivity index (χ3v) is 8.02. The number of fused-ring (bicyclic) bond motifs is 1. The van der Waals surface area contributed by atoms with E-state index in [2.05, 4.69) is 25.5 Å². The van der Waals surface area contributed by atoms with Crippen molar-refractivity contribution in [2.45, 2.75) is 28.9 Å². The quantitative estimate of drug-likeness (QED) is 0.161. The number of aliphatic carboxylic acids is 1. The molecule has 2 amide bonds. The van der Waals surface area contributed by atoms with Gasteiger partial charge in [0, 0.05) is 11.5 Å². The normalized spacial score (nSPS) is 19.8. The summed E-state index contributed by atoms with van der Waals surface area (Å²) in [5, 5.41) is 32.1. The Morgan fingerprint density at radius 3 is 2.72 bits per heavy atom. The second-order valence-corrected chi connectivity index (χ2v) is 9.91. The van der Waals surface area contributed by atoms with Crippen molar-refractivity contribution in [1.29, 1.82) is 0 Å². The van der Waals surface area contributed by atoms with Gasteiger partial charge in [-0.15, -0.1) is 16.9 Å². The number of carbonyl (C=O) groups excluding carboxylic acids is 3. The van der Waals surface area contributed by atoms with Crippen LogP contribution in [0.4, 0.5) is 0 Å². The number of aromatic hydroxyl groups is 1. The highest BCUT2D eigenvalue weighted by molar-refractivity contribution is 8.01. The van der Waals surface area contributed by atoms with Crippen LogP contribution in [-0.4, -0.2) is 84.3 Å². The average molecular weight is 535 g/mol. The molecule has 36 heavy (non-hydrogen) atoms. The van der Waals surface area contributed by atoms with Gasteiger partial charge in [0.15, 0.2) is 0 Å². The summed E-state index contributed by atoms with van der Waals surface area (Å²) in [7, 11) is 1.26. The predicted molar refractivity (Wildman–Crippen MR) is 128 cm³/mol. The van der Waals surface area contributed by atoms with Crippen molar-refractivity contribution < 1.29 is 34.1 Å². The number of aromatic amines is 1. The summed E-state index contributed by atoms with van der Waals surface area (Å²) in [6, 6.07) is 3.82. The molecule has 4 rings (SSSR count). The smallest absolute Gasteiger partial charge is 0.352 e. The van der Waals surface area contributed by atoms with Crippen LogP contribution in [0.3, 0.4) is 0 Å². The first-order valence-electron chi connectivity index (χ1n) is 10.6. The lowest BCUT2D eigenvalue weighted by Crippen LogP contribution is -2.71. The number of amides is 2. The fourth-order valence-corrected chi connectivity index (χ4v) is 6.12. The minimum Gasteiger partial charge on any atom is -0.508 e. The van der Waals surface area contributed by atoms with Gasteiger partial charge in [-0.2, -0.15) is 10.3 Å². The number of benzene rings is 1. The second-order valence-electron chi connectivity index (χ2n) is 7.84. The molecular weight excluding hydrogens is 512 g/mol. The second kappa shape index (κ2) is 10.6. The zero-order valence-electron chi connectivity index (χ0n) is 18.8. The SMILES string of the molecule is COC(=O)Cc1n[nH]nc1SCC1=C(C(=O)O)N2C(=O)C(NC(=O)C(N)c3ccc(O)cc3)[C@@H]2SC1. The number of thioether (sulfide) groups is 2. The van der Waals surface area contributed by atoms with E-state index in [0.29, 0.717) is 27.6 Å². The number of nitrogens with two attached hydrogens (primary N) is 1. The number of methoxy groups -OCH3 is 1.